The highest BCUT2D eigenvalue weighted by Crippen LogP contribution is 2.10. The molecule has 18 heavy (non-hydrogen) atoms. The lowest BCUT2D eigenvalue weighted by Gasteiger charge is -2.21. The fourth-order valence-electron chi connectivity index (χ4n) is 1.79. The summed E-state index contributed by atoms with van der Waals surface area (Å²) in [5.74, 6) is 3.57. The fraction of sp³-hybridized carbons (Fsp3) is 0.786. The summed E-state index contributed by atoms with van der Waals surface area (Å²) in [6.45, 7) is 12.9. The van der Waals surface area contributed by atoms with Crippen LogP contribution in [0.4, 0.5) is 0 Å². The molecule has 0 fully saturated rings. The van der Waals surface area contributed by atoms with E-state index in [1.54, 1.807) is 0 Å². The molecule has 0 aliphatic heterocycles. The summed E-state index contributed by atoms with van der Waals surface area (Å²) in [7, 11) is 0. The highest BCUT2D eigenvalue weighted by atomic mass is 32.2. The van der Waals surface area contributed by atoms with Crippen LogP contribution in [-0.2, 0) is 13.1 Å². The van der Waals surface area contributed by atoms with E-state index in [2.05, 4.69) is 49.5 Å². The second-order valence-corrected chi connectivity index (χ2v) is 7.00. The Bertz CT molecular complexity index is 352. The van der Waals surface area contributed by atoms with Crippen molar-refractivity contribution in [3.8, 4) is 0 Å². The second kappa shape index (κ2) is 7.19. The maximum absolute atomic E-state index is 4.43. The third-order valence-corrected chi connectivity index (χ3v) is 3.80. The van der Waals surface area contributed by atoms with E-state index >= 15 is 0 Å². The molecule has 1 aromatic rings. The minimum absolute atomic E-state index is 0.154. The Labute approximate surface area is 116 Å². The molecule has 104 valence electrons. The van der Waals surface area contributed by atoms with Crippen molar-refractivity contribution in [3.63, 3.8) is 0 Å². The maximum atomic E-state index is 4.43. The Morgan fingerprint density at radius 1 is 1.39 bits per heavy atom. The Kier molecular flexibility index (Phi) is 6.22. The molecule has 0 saturated carbocycles. The number of thioether (sulfide) groups is 1. The van der Waals surface area contributed by atoms with E-state index in [0.29, 0.717) is 0 Å². The van der Waals surface area contributed by atoms with Gasteiger partial charge in [-0.2, -0.15) is 11.8 Å². The zero-order valence-corrected chi connectivity index (χ0v) is 13.2. The molecular weight excluding hydrogens is 242 g/mol. The Hall–Kier alpha value is -0.480. The Morgan fingerprint density at radius 2 is 2.11 bits per heavy atom. The predicted octanol–water partition coefficient (Wildman–Crippen LogP) is 3.22. The van der Waals surface area contributed by atoms with Crippen LogP contribution in [-0.4, -0.2) is 26.6 Å². The van der Waals surface area contributed by atoms with E-state index in [-0.39, 0.29) is 5.54 Å². The van der Waals surface area contributed by atoms with Crippen molar-refractivity contribution in [2.24, 2.45) is 0 Å². The van der Waals surface area contributed by atoms with Crippen LogP contribution in [0.15, 0.2) is 6.20 Å². The van der Waals surface area contributed by atoms with E-state index < -0.39 is 0 Å². The van der Waals surface area contributed by atoms with Crippen LogP contribution >= 0.6 is 11.8 Å². The molecular formula is C14H27N3S. The molecule has 1 heterocycles. The van der Waals surface area contributed by atoms with Gasteiger partial charge in [0.15, 0.2) is 0 Å². The topological polar surface area (TPSA) is 29.9 Å². The predicted molar refractivity (Wildman–Crippen MR) is 81.2 cm³/mol. The summed E-state index contributed by atoms with van der Waals surface area (Å²) in [6.07, 6.45) is 3.22. The average molecular weight is 269 g/mol. The first kappa shape index (κ1) is 15.6. The zero-order valence-electron chi connectivity index (χ0n) is 12.4. The van der Waals surface area contributed by atoms with Crippen LogP contribution < -0.4 is 5.32 Å². The lowest BCUT2D eigenvalue weighted by Crippen LogP contribution is -2.35. The molecule has 0 unspecified atom stereocenters. The van der Waals surface area contributed by atoms with E-state index in [9.17, 15) is 0 Å². The molecule has 0 saturated heterocycles. The van der Waals surface area contributed by atoms with Gasteiger partial charge >= 0.3 is 0 Å². The zero-order chi connectivity index (χ0) is 13.6. The molecule has 0 atom stereocenters. The second-order valence-electron chi connectivity index (χ2n) is 5.60. The number of aryl methyl sites for hydroxylation is 1. The Morgan fingerprint density at radius 3 is 2.72 bits per heavy atom. The Balaban J connectivity index is 2.52. The van der Waals surface area contributed by atoms with Crippen molar-refractivity contribution in [1.82, 2.24) is 14.9 Å². The number of hydrogen-bond acceptors (Lipinski definition) is 3. The molecule has 0 aliphatic rings. The first-order valence-corrected chi connectivity index (χ1v) is 7.93. The van der Waals surface area contributed by atoms with Crippen molar-refractivity contribution < 1.29 is 0 Å². The van der Waals surface area contributed by atoms with E-state index in [1.165, 1.54) is 23.6 Å². The molecule has 0 radical (unpaired) electrons. The average Bonchev–Trinajstić information content (AvgIpc) is 2.62. The van der Waals surface area contributed by atoms with Crippen LogP contribution in [0, 0.1) is 6.92 Å². The van der Waals surface area contributed by atoms with Gasteiger partial charge in [0.05, 0.1) is 5.69 Å². The molecule has 3 nitrogen and oxygen atoms in total. The normalized spacial score (nSPS) is 12.1. The highest BCUT2D eigenvalue weighted by molar-refractivity contribution is 7.99. The van der Waals surface area contributed by atoms with Crippen molar-refractivity contribution >= 4 is 11.8 Å². The summed E-state index contributed by atoms with van der Waals surface area (Å²) in [5, 5.41) is 3.53. The van der Waals surface area contributed by atoms with Gasteiger partial charge in [0, 0.05) is 24.8 Å². The standard InChI is InChI=1S/C14H27N3S/c1-6-18-9-7-8-17-12(2)15-10-13(17)11-16-14(3,4)5/h10,16H,6-9,11H2,1-5H3. The smallest absolute Gasteiger partial charge is 0.105 e. The summed E-state index contributed by atoms with van der Waals surface area (Å²) in [4.78, 5) is 4.43. The molecule has 1 N–H and O–H groups in total. The van der Waals surface area contributed by atoms with Gasteiger partial charge < -0.3 is 9.88 Å². The largest absolute Gasteiger partial charge is 0.331 e. The van der Waals surface area contributed by atoms with Crippen molar-refractivity contribution in [2.45, 2.75) is 59.7 Å². The third-order valence-electron chi connectivity index (χ3n) is 2.81. The number of aromatic nitrogens is 2. The number of hydrogen-bond donors (Lipinski definition) is 1. The lowest BCUT2D eigenvalue weighted by atomic mass is 10.1. The van der Waals surface area contributed by atoms with Crippen LogP contribution in [0.2, 0.25) is 0 Å². The van der Waals surface area contributed by atoms with Gasteiger partial charge in [-0.25, -0.2) is 4.98 Å². The molecule has 0 spiro atoms. The third kappa shape index (κ3) is 5.44. The van der Waals surface area contributed by atoms with Crippen LogP contribution in [0.25, 0.3) is 0 Å². The molecule has 0 amide bonds. The summed E-state index contributed by atoms with van der Waals surface area (Å²) in [5.41, 5.74) is 1.45. The van der Waals surface area contributed by atoms with Gasteiger partial charge in [-0.1, -0.05) is 6.92 Å². The van der Waals surface area contributed by atoms with Crippen LogP contribution in [0.1, 0.15) is 45.6 Å². The van der Waals surface area contributed by atoms with Gasteiger partial charge in [0.25, 0.3) is 0 Å². The van der Waals surface area contributed by atoms with E-state index in [0.717, 1.165) is 18.9 Å². The molecule has 4 heteroatoms. The van der Waals surface area contributed by atoms with E-state index in [1.807, 2.05) is 18.0 Å². The molecule has 0 bridgehead atoms. The minimum Gasteiger partial charge on any atom is -0.331 e. The first-order chi connectivity index (χ1) is 8.44. The summed E-state index contributed by atoms with van der Waals surface area (Å²) < 4.78 is 2.34. The summed E-state index contributed by atoms with van der Waals surface area (Å²) in [6, 6.07) is 0. The van der Waals surface area contributed by atoms with Gasteiger partial charge in [0.2, 0.25) is 0 Å². The van der Waals surface area contributed by atoms with Crippen LogP contribution in [0.5, 0.6) is 0 Å². The van der Waals surface area contributed by atoms with Crippen molar-refractivity contribution in [1.29, 1.82) is 0 Å². The maximum Gasteiger partial charge on any atom is 0.105 e. The molecule has 0 aromatic carbocycles. The monoisotopic (exact) mass is 269 g/mol. The lowest BCUT2D eigenvalue weighted by molar-refractivity contribution is 0.414. The highest BCUT2D eigenvalue weighted by Gasteiger charge is 2.11. The van der Waals surface area contributed by atoms with Crippen molar-refractivity contribution in [3.05, 3.63) is 17.7 Å². The summed E-state index contributed by atoms with van der Waals surface area (Å²) >= 11 is 2.01. The number of nitrogens with zero attached hydrogens (tertiary/aromatic N) is 2. The molecule has 1 rings (SSSR count). The van der Waals surface area contributed by atoms with Gasteiger partial charge in [-0.3, -0.25) is 0 Å². The van der Waals surface area contributed by atoms with Gasteiger partial charge in [0.1, 0.15) is 5.82 Å². The number of nitrogens with one attached hydrogen (secondary N) is 1. The van der Waals surface area contributed by atoms with Crippen LogP contribution in [0.3, 0.4) is 0 Å². The van der Waals surface area contributed by atoms with Gasteiger partial charge in [-0.05, 0) is 45.6 Å². The number of rotatable bonds is 7. The SMILES string of the molecule is CCSCCCn1c(CNC(C)(C)C)cnc1C. The fourth-order valence-corrected chi connectivity index (χ4v) is 2.41. The van der Waals surface area contributed by atoms with Gasteiger partial charge in [-0.15, -0.1) is 0 Å². The van der Waals surface area contributed by atoms with Crippen molar-refractivity contribution in [2.75, 3.05) is 11.5 Å². The quantitative estimate of drug-likeness (QED) is 0.771. The molecule has 1 aromatic heterocycles. The number of imidazole rings is 1. The van der Waals surface area contributed by atoms with E-state index in [4.69, 9.17) is 0 Å². The first-order valence-electron chi connectivity index (χ1n) is 6.78. The minimum atomic E-state index is 0.154. The molecule has 0 aliphatic carbocycles.